The van der Waals surface area contributed by atoms with E-state index in [-0.39, 0.29) is 0 Å². The van der Waals surface area contributed by atoms with Crippen molar-refractivity contribution in [2.24, 2.45) is 0 Å². The Morgan fingerprint density at radius 1 is 1.69 bits per heavy atom. The first-order valence-electron chi connectivity index (χ1n) is 6.03. The van der Waals surface area contributed by atoms with Crippen LogP contribution in [0.2, 0.25) is 0 Å². The second-order valence-corrected chi connectivity index (χ2v) is 6.25. The lowest BCUT2D eigenvalue weighted by atomic mass is 9.92. The summed E-state index contributed by atoms with van der Waals surface area (Å²) >= 11 is 2.09. The van der Waals surface area contributed by atoms with Gasteiger partial charge in [-0.15, -0.1) is 0 Å². The SMILES string of the molecule is CCn1cc(C(NC)C2(C)CCCS2)cn1. The lowest BCUT2D eigenvalue weighted by Gasteiger charge is -2.32. The van der Waals surface area contributed by atoms with Crippen molar-refractivity contribution in [3.63, 3.8) is 0 Å². The molecular weight excluding hydrogens is 218 g/mol. The molecule has 3 nitrogen and oxygen atoms in total. The van der Waals surface area contributed by atoms with Crippen molar-refractivity contribution in [3.05, 3.63) is 18.0 Å². The molecule has 0 saturated carbocycles. The molecule has 0 amide bonds. The number of aromatic nitrogens is 2. The highest BCUT2D eigenvalue weighted by atomic mass is 32.2. The van der Waals surface area contributed by atoms with Crippen molar-refractivity contribution >= 4 is 11.8 Å². The van der Waals surface area contributed by atoms with Crippen molar-refractivity contribution in [2.45, 2.75) is 44.0 Å². The van der Waals surface area contributed by atoms with Crippen LogP contribution >= 0.6 is 11.8 Å². The summed E-state index contributed by atoms with van der Waals surface area (Å²) in [5.74, 6) is 1.29. The van der Waals surface area contributed by atoms with E-state index >= 15 is 0 Å². The molecule has 0 aliphatic carbocycles. The maximum atomic E-state index is 4.37. The minimum absolute atomic E-state index is 0.330. The van der Waals surface area contributed by atoms with Crippen LogP contribution in [0.4, 0.5) is 0 Å². The van der Waals surface area contributed by atoms with E-state index < -0.39 is 0 Å². The van der Waals surface area contributed by atoms with Gasteiger partial charge < -0.3 is 5.32 Å². The highest BCUT2D eigenvalue weighted by Crippen LogP contribution is 2.46. The van der Waals surface area contributed by atoms with E-state index in [2.05, 4.69) is 49.3 Å². The Balaban J connectivity index is 2.21. The zero-order chi connectivity index (χ0) is 11.6. The zero-order valence-corrected chi connectivity index (χ0v) is 11.2. The van der Waals surface area contributed by atoms with Crippen LogP contribution < -0.4 is 5.32 Å². The molecule has 1 aromatic rings. The van der Waals surface area contributed by atoms with Gasteiger partial charge in [0.1, 0.15) is 0 Å². The summed E-state index contributed by atoms with van der Waals surface area (Å²) in [6.07, 6.45) is 6.81. The fourth-order valence-electron chi connectivity index (χ4n) is 2.55. The third-order valence-corrected chi connectivity index (χ3v) is 5.05. The highest BCUT2D eigenvalue weighted by Gasteiger charge is 2.38. The third-order valence-electron chi connectivity index (χ3n) is 3.46. The van der Waals surface area contributed by atoms with Crippen LogP contribution in [0.15, 0.2) is 12.4 Å². The Labute approximate surface area is 102 Å². The molecule has 1 saturated heterocycles. The number of nitrogens with one attached hydrogen (secondary N) is 1. The van der Waals surface area contributed by atoms with E-state index in [9.17, 15) is 0 Å². The maximum Gasteiger partial charge on any atom is 0.0538 e. The molecule has 2 atom stereocenters. The van der Waals surface area contributed by atoms with Crippen molar-refractivity contribution < 1.29 is 0 Å². The van der Waals surface area contributed by atoms with Gasteiger partial charge in [-0.05, 0) is 39.5 Å². The second-order valence-electron chi connectivity index (χ2n) is 4.62. The standard InChI is InChI=1S/C12H21N3S/c1-4-15-9-10(8-14-15)11(13-3)12(2)6-5-7-16-12/h8-9,11,13H,4-7H2,1-3H3. The number of thioether (sulfide) groups is 1. The summed E-state index contributed by atoms with van der Waals surface area (Å²) in [6.45, 7) is 5.44. The fraction of sp³-hybridized carbons (Fsp3) is 0.750. The fourth-order valence-corrected chi connectivity index (χ4v) is 4.02. The molecule has 0 radical (unpaired) electrons. The normalized spacial score (nSPS) is 27.2. The minimum atomic E-state index is 0.330. The van der Waals surface area contributed by atoms with Gasteiger partial charge in [-0.1, -0.05) is 0 Å². The van der Waals surface area contributed by atoms with E-state index in [0.29, 0.717) is 10.8 Å². The van der Waals surface area contributed by atoms with Gasteiger partial charge in [0, 0.05) is 29.1 Å². The van der Waals surface area contributed by atoms with Crippen molar-refractivity contribution in [1.82, 2.24) is 15.1 Å². The Bertz CT molecular complexity index is 342. The molecule has 1 aliphatic heterocycles. The van der Waals surface area contributed by atoms with Crippen LogP contribution in [0.25, 0.3) is 0 Å². The van der Waals surface area contributed by atoms with Gasteiger partial charge in [0.05, 0.1) is 6.20 Å². The Hall–Kier alpha value is -0.480. The number of aryl methyl sites for hydroxylation is 1. The summed E-state index contributed by atoms with van der Waals surface area (Å²) in [6, 6.07) is 0.417. The lowest BCUT2D eigenvalue weighted by Crippen LogP contribution is -2.35. The first-order chi connectivity index (χ1) is 7.69. The van der Waals surface area contributed by atoms with Crippen LogP contribution in [0.1, 0.15) is 38.3 Å². The minimum Gasteiger partial charge on any atom is -0.312 e. The van der Waals surface area contributed by atoms with Gasteiger partial charge in [0.2, 0.25) is 0 Å². The van der Waals surface area contributed by atoms with Gasteiger partial charge in [-0.3, -0.25) is 4.68 Å². The summed E-state index contributed by atoms with van der Waals surface area (Å²) in [4.78, 5) is 0. The van der Waals surface area contributed by atoms with Gasteiger partial charge in [0.25, 0.3) is 0 Å². The Morgan fingerprint density at radius 2 is 2.50 bits per heavy atom. The maximum absolute atomic E-state index is 4.37. The van der Waals surface area contributed by atoms with Crippen LogP contribution in [-0.2, 0) is 6.54 Å². The molecule has 2 unspecified atom stereocenters. The van der Waals surface area contributed by atoms with Crippen LogP contribution in [0.5, 0.6) is 0 Å². The van der Waals surface area contributed by atoms with Gasteiger partial charge in [0.15, 0.2) is 0 Å². The van der Waals surface area contributed by atoms with Gasteiger partial charge >= 0.3 is 0 Å². The monoisotopic (exact) mass is 239 g/mol. The average molecular weight is 239 g/mol. The molecular formula is C12H21N3S. The molecule has 1 fully saturated rings. The summed E-state index contributed by atoms with van der Waals surface area (Å²) in [5.41, 5.74) is 1.32. The van der Waals surface area contributed by atoms with Crippen molar-refractivity contribution in [2.75, 3.05) is 12.8 Å². The molecule has 90 valence electrons. The van der Waals surface area contributed by atoms with Crippen molar-refractivity contribution in [3.8, 4) is 0 Å². The third kappa shape index (κ3) is 2.13. The zero-order valence-electron chi connectivity index (χ0n) is 10.4. The van der Waals surface area contributed by atoms with Crippen LogP contribution in [0, 0.1) is 0 Å². The number of hydrogen-bond donors (Lipinski definition) is 1. The Kier molecular flexibility index (Phi) is 3.60. The average Bonchev–Trinajstić information content (AvgIpc) is 2.89. The van der Waals surface area contributed by atoms with E-state index in [1.807, 2.05) is 10.9 Å². The first kappa shape index (κ1) is 12.0. The number of rotatable bonds is 4. The molecule has 1 aliphatic rings. The predicted molar refractivity (Wildman–Crippen MR) is 69.8 cm³/mol. The molecule has 2 heterocycles. The molecule has 16 heavy (non-hydrogen) atoms. The smallest absolute Gasteiger partial charge is 0.0538 e. The number of hydrogen-bond acceptors (Lipinski definition) is 3. The summed E-state index contributed by atoms with van der Waals surface area (Å²) < 4.78 is 2.33. The van der Waals surface area contributed by atoms with Crippen LogP contribution in [-0.4, -0.2) is 27.3 Å². The van der Waals surface area contributed by atoms with Gasteiger partial charge in [-0.25, -0.2) is 0 Å². The molecule has 0 aromatic carbocycles. The lowest BCUT2D eigenvalue weighted by molar-refractivity contribution is 0.440. The molecule has 4 heteroatoms. The Morgan fingerprint density at radius 3 is 3.00 bits per heavy atom. The largest absolute Gasteiger partial charge is 0.312 e. The van der Waals surface area contributed by atoms with E-state index in [1.165, 1.54) is 24.2 Å². The van der Waals surface area contributed by atoms with E-state index in [4.69, 9.17) is 0 Å². The molecule has 1 N–H and O–H groups in total. The second kappa shape index (κ2) is 4.80. The predicted octanol–water partition coefficient (Wildman–Crippen LogP) is 2.45. The topological polar surface area (TPSA) is 29.9 Å². The summed E-state index contributed by atoms with van der Waals surface area (Å²) in [7, 11) is 2.05. The van der Waals surface area contributed by atoms with Gasteiger partial charge in [-0.2, -0.15) is 16.9 Å². The molecule has 0 spiro atoms. The van der Waals surface area contributed by atoms with E-state index in [1.54, 1.807) is 0 Å². The molecule has 1 aromatic heterocycles. The highest BCUT2D eigenvalue weighted by molar-refractivity contribution is 8.00. The first-order valence-corrected chi connectivity index (χ1v) is 7.02. The number of nitrogens with zero attached hydrogens (tertiary/aromatic N) is 2. The van der Waals surface area contributed by atoms with Crippen LogP contribution in [0.3, 0.4) is 0 Å². The quantitative estimate of drug-likeness (QED) is 0.875. The van der Waals surface area contributed by atoms with Crippen molar-refractivity contribution in [1.29, 1.82) is 0 Å². The molecule has 2 rings (SSSR count). The van der Waals surface area contributed by atoms with E-state index in [0.717, 1.165) is 6.54 Å². The summed E-state index contributed by atoms with van der Waals surface area (Å²) in [5, 5.41) is 7.84. The molecule has 0 bridgehead atoms.